The van der Waals surface area contributed by atoms with Crippen molar-refractivity contribution in [3.63, 3.8) is 0 Å². The summed E-state index contributed by atoms with van der Waals surface area (Å²) in [7, 11) is 1.81. The Balaban J connectivity index is 2.38. The van der Waals surface area contributed by atoms with Crippen LogP contribution in [0.1, 0.15) is 33.0 Å². The van der Waals surface area contributed by atoms with E-state index in [2.05, 4.69) is 27.9 Å². The van der Waals surface area contributed by atoms with Gasteiger partial charge in [-0.05, 0) is 39.4 Å². The first-order chi connectivity index (χ1) is 9.49. The van der Waals surface area contributed by atoms with Gasteiger partial charge in [0.25, 0.3) is 0 Å². The number of likely N-dealkylation sites (N-methyl/N-ethyl adjacent to an activating group) is 1. The summed E-state index contributed by atoms with van der Waals surface area (Å²) in [6.45, 7) is 6.84. The van der Waals surface area contributed by atoms with Crippen molar-refractivity contribution in [2.45, 2.75) is 45.7 Å². The van der Waals surface area contributed by atoms with Crippen LogP contribution in [0.3, 0.4) is 0 Å². The molecule has 4 nitrogen and oxygen atoms in total. The van der Waals surface area contributed by atoms with E-state index in [1.54, 1.807) is 0 Å². The molecule has 1 aromatic heterocycles. The number of hydrogen-bond donors (Lipinski definition) is 1. The number of benzene rings is 1. The summed E-state index contributed by atoms with van der Waals surface area (Å²) in [6, 6.07) is 8.06. The quantitative estimate of drug-likeness (QED) is 0.880. The number of fused-ring (bicyclic) bond motifs is 1. The average molecular weight is 273 g/mol. The fourth-order valence-corrected chi connectivity index (χ4v) is 2.24. The fraction of sp³-hybridized carbons (Fsp3) is 0.500. The number of ketones is 1. The standard InChI is InChI=1S/C16H23N3O/c1-5-10-19-13-9-7-6-8-12(13)18-15(19)11-14(20)16(2,3)17-4/h6-9,17H,5,10-11H2,1-4H3. The number of carbonyl (C=O) groups is 1. The summed E-state index contributed by atoms with van der Waals surface area (Å²) in [4.78, 5) is 17.0. The number of nitrogens with one attached hydrogen (secondary N) is 1. The highest BCUT2D eigenvalue weighted by molar-refractivity contribution is 5.89. The predicted molar refractivity (Wildman–Crippen MR) is 81.9 cm³/mol. The highest BCUT2D eigenvalue weighted by Crippen LogP contribution is 2.18. The van der Waals surface area contributed by atoms with Crippen molar-refractivity contribution in [1.82, 2.24) is 14.9 Å². The fourth-order valence-electron chi connectivity index (χ4n) is 2.24. The highest BCUT2D eigenvalue weighted by Gasteiger charge is 2.26. The predicted octanol–water partition coefficient (Wildman–Crippen LogP) is 2.56. The Labute approximate surface area is 120 Å². The monoisotopic (exact) mass is 273 g/mol. The molecule has 0 spiro atoms. The molecule has 0 fully saturated rings. The van der Waals surface area contributed by atoms with Crippen LogP contribution in [0.2, 0.25) is 0 Å². The molecule has 0 amide bonds. The summed E-state index contributed by atoms with van der Waals surface area (Å²) in [5.74, 6) is 1.02. The van der Waals surface area contributed by atoms with Gasteiger partial charge in [0.1, 0.15) is 5.82 Å². The van der Waals surface area contributed by atoms with Crippen LogP contribution < -0.4 is 5.32 Å². The number of rotatable bonds is 6. The number of aromatic nitrogens is 2. The van der Waals surface area contributed by atoms with E-state index in [1.807, 2.05) is 39.1 Å². The van der Waals surface area contributed by atoms with Crippen LogP contribution in [-0.4, -0.2) is 27.9 Å². The lowest BCUT2D eigenvalue weighted by atomic mass is 9.97. The van der Waals surface area contributed by atoms with Gasteiger partial charge in [-0.3, -0.25) is 4.79 Å². The zero-order chi connectivity index (χ0) is 14.8. The van der Waals surface area contributed by atoms with Gasteiger partial charge in [-0.15, -0.1) is 0 Å². The maximum absolute atomic E-state index is 12.4. The van der Waals surface area contributed by atoms with Crippen molar-refractivity contribution >= 4 is 16.8 Å². The number of para-hydroxylation sites is 2. The van der Waals surface area contributed by atoms with E-state index in [0.717, 1.165) is 29.8 Å². The van der Waals surface area contributed by atoms with Crippen molar-refractivity contribution in [2.24, 2.45) is 0 Å². The van der Waals surface area contributed by atoms with Crippen LogP contribution in [0, 0.1) is 0 Å². The maximum atomic E-state index is 12.4. The van der Waals surface area contributed by atoms with Crippen LogP contribution in [-0.2, 0) is 17.8 Å². The molecule has 2 rings (SSSR count). The van der Waals surface area contributed by atoms with Gasteiger partial charge in [-0.1, -0.05) is 19.1 Å². The van der Waals surface area contributed by atoms with Gasteiger partial charge < -0.3 is 9.88 Å². The molecule has 0 saturated heterocycles. The first kappa shape index (κ1) is 14.7. The molecule has 1 heterocycles. The molecule has 108 valence electrons. The van der Waals surface area contributed by atoms with Crippen LogP contribution in [0.5, 0.6) is 0 Å². The molecule has 0 aliphatic heterocycles. The lowest BCUT2D eigenvalue weighted by Gasteiger charge is -2.22. The summed E-state index contributed by atoms with van der Waals surface area (Å²) in [6.07, 6.45) is 1.39. The second-order valence-electron chi connectivity index (χ2n) is 5.64. The minimum Gasteiger partial charge on any atom is -0.328 e. The van der Waals surface area contributed by atoms with Gasteiger partial charge in [0.2, 0.25) is 0 Å². The van der Waals surface area contributed by atoms with E-state index in [4.69, 9.17) is 0 Å². The van der Waals surface area contributed by atoms with Crippen molar-refractivity contribution < 1.29 is 4.79 Å². The Kier molecular flexibility index (Phi) is 4.23. The van der Waals surface area contributed by atoms with Crippen molar-refractivity contribution in [3.05, 3.63) is 30.1 Å². The number of aryl methyl sites for hydroxylation is 1. The number of carbonyl (C=O) groups excluding carboxylic acids is 1. The molecule has 20 heavy (non-hydrogen) atoms. The maximum Gasteiger partial charge on any atom is 0.159 e. The molecule has 0 radical (unpaired) electrons. The average Bonchev–Trinajstić information content (AvgIpc) is 2.77. The second-order valence-corrected chi connectivity index (χ2v) is 5.64. The zero-order valence-corrected chi connectivity index (χ0v) is 12.7. The number of nitrogens with zero attached hydrogens (tertiary/aromatic N) is 2. The van der Waals surface area contributed by atoms with Gasteiger partial charge in [-0.25, -0.2) is 4.98 Å². The van der Waals surface area contributed by atoms with Crippen molar-refractivity contribution in [2.75, 3.05) is 7.05 Å². The molecular weight excluding hydrogens is 250 g/mol. The van der Waals surface area contributed by atoms with E-state index in [-0.39, 0.29) is 5.78 Å². The summed E-state index contributed by atoms with van der Waals surface area (Å²) >= 11 is 0. The van der Waals surface area contributed by atoms with E-state index >= 15 is 0 Å². The molecule has 2 aromatic rings. The second kappa shape index (κ2) is 5.75. The van der Waals surface area contributed by atoms with Crippen LogP contribution >= 0.6 is 0 Å². The third-order valence-electron chi connectivity index (χ3n) is 3.82. The molecule has 1 aromatic carbocycles. The third-order valence-corrected chi connectivity index (χ3v) is 3.82. The molecule has 0 saturated carbocycles. The van der Waals surface area contributed by atoms with E-state index < -0.39 is 5.54 Å². The van der Waals surface area contributed by atoms with Gasteiger partial charge in [0, 0.05) is 6.54 Å². The van der Waals surface area contributed by atoms with Gasteiger partial charge in [0.15, 0.2) is 5.78 Å². The van der Waals surface area contributed by atoms with E-state index in [9.17, 15) is 4.79 Å². The largest absolute Gasteiger partial charge is 0.328 e. The summed E-state index contributed by atoms with van der Waals surface area (Å²) in [5, 5.41) is 3.06. The van der Waals surface area contributed by atoms with E-state index in [1.165, 1.54) is 0 Å². The van der Waals surface area contributed by atoms with Crippen LogP contribution in [0.25, 0.3) is 11.0 Å². The first-order valence-corrected chi connectivity index (χ1v) is 7.16. The van der Waals surface area contributed by atoms with E-state index in [0.29, 0.717) is 6.42 Å². The Bertz CT molecular complexity index is 613. The number of imidazole rings is 1. The number of Topliss-reactive ketones (excluding diaryl/α,β-unsaturated/α-hetero) is 1. The third kappa shape index (κ3) is 2.75. The molecule has 0 bridgehead atoms. The zero-order valence-electron chi connectivity index (χ0n) is 12.7. The first-order valence-electron chi connectivity index (χ1n) is 7.16. The van der Waals surface area contributed by atoms with Gasteiger partial charge in [-0.2, -0.15) is 0 Å². The van der Waals surface area contributed by atoms with Crippen molar-refractivity contribution in [3.8, 4) is 0 Å². The molecule has 0 unspecified atom stereocenters. The summed E-state index contributed by atoms with van der Waals surface area (Å²) in [5.41, 5.74) is 1.56. The van der Waals surface area contributed by atoms with Crippen molar-refractivity contribution in [1.29, 1.82) is 0 Å². The van der Waals surface area contributed by atoms with Crippen LogP contribution in [0.15, 0.2) is 24.3 Å². The lowest BCUT2D eigenvalue weighted by Crippen LogP contribution is -2.45. The van der Waals surface area contributed by atoms with Crippen LogP contribution in [0.4, 0.5) is 0 Å². The van der Waals surface area contributed by atoms with Gasteiger partial charge >= 0.3 is 0 Å². The molecule has 4 heteroatoms. The molecular formula is C16H23N3O. The highest BCUT2D eigenvalue weighted by atomic mass is 16.1. The molecule has 1 N–H and O–H groups in total. The SMILES string of the molecule is CCCn1c(CC(=O)C(C)(C)NC)nc2ccccc21. The Morgan fingerprint density at radius 1 is 1.35 bits per heavy atom. The Hall–Kier alpha value is -1.68. The molecule has 0 aliphatic carbocycles. The lowest BCUT2D eigenvalue weighted by molar-refractivity contribution is -0.123. The Morgan fingerprint density at radius 3 is 2.70 bits per heavy atom. The Morgan fingerprint density at radius 2 is 2.05 bits per heavy atom. The van der Waals surface area contributed by atoms with Gasteiger partial charge in [0.05, 0.1) is 23.0 Å². The topological polar surface area (TPSA) is 46.9 Å². The smallest absolute Gasteiger partial charge is 0.159 e. The molecule has 0 atom stereocenters. The minimum atomic E-state index is -0.519. The molecule has 0 aliphatic rings. The summed E-state index contributed by atoms with van der Waals surface area (Å²) < 4.78 is 2.17. The normalized spacial score (nSPS) is 12.0. The number of hydrogen-bond acceptors (Lipinski definition) is 3. The minimum absolute atomic E-state index is 0.160.